The molecule has 0 saturated carbocycles. The minimum absolute atomic E-state index is 0.830. The maximum absolute atomic E-state index is 5.54. The Bertz CT molecular complexity index is 1120. The average molecular weight is 272 g/mol. The highest BCUT2D eigenvalue weighted by Crippen LogP contribution is 2.39. The summed E-state index contributed by atoms with van der Waals surface area (Å²) in [5, 5.41) is 4.83. The van der Waals surface area contributed by atoms with Gasteiger partial charge in [-0.2, -0.15) is 0 Å². The second-order valence-electron chi connectivity index (χ2n) is 5.30. The van der Waals surface area contributed by atoms with Crippen LogP contribution in [0.2, 0.25) is 0 Å². The molecule has 0 aliphatic heterocycles. The number of hydrogen-bond donors (Lipinski definition) is 0. The Labute approximate surface area is 120 Å². The molecule has 5 rings (SSSR count). The van der Waals surface area contributed by atoms with Crippen LogP contribution < -0.4 is 4.74 Å². The van der Waals surface area contributed by atoms with Crippen molar-refractivity contribution in [1.29, 1.82) is 0 Å². The second kappa shape index (κ2) is 3.64. The van der Waals surface area contributed by atoms with Crippen molar-refractivity contribution in [3.8, 4) is 5.75 Å². The van der Waals surface area contributed by atoms with Gasteiger partial charge < -0.3 is 9.14 Å². The summed E-state index contributed by atoms with van der Waals surface area (Å²) in [4.78, 5) is 4.55. The quantitative estimate of drug-likeness (QED) is 0.337. The van der Waals surface area contributed by atoms with E-state index in [2.05, 4.69) is 58.0 Å². The number of benzene rings is 2. The molecule has 100 valence electrons. The summed E-state index contributed by atoms with van der Waals surface area (Å²) in [6.45, 7) is 0. The molecular weight excluding hydrogens is 260 g/mol. The summed E-state index contributed by atoms with van der Waals surface area (Å²) >= 11 is 0. The lowest BCUT2D eigenvalue weighted by Gasteiger charge is -2.13. The van der Waals surface area contributed by atoms with Crippen molar-refractivity contribution in [3.05, 3.63) is 54.9 Å². The highest BCUT2D eigenvalue weighted by molar-refractivity contribution is 6.23. The molecule has 3 aromatic heterocycles. The fourth-order valence-electron chi connectivity index (χ4n) is 3.42. The Morgan fingerprint density at radius 3 is 2.86 bits per heavy atom. The summed E-state index contributed by atoms with van der Waals surface area (Å²) in [6, 6.07) is 14.8. The van der Waals surface area contributed by atoms with Gasteiger partial charge in [0, 0.05) is 28.6 Å². The Morgan fingerprint density at radius 1 is 1.05 bits per heavy atom. The highest BCUT2D eigenvalue weighted by Gasteiger charge is 2.16. The molecule has 3 heterocycles. The average Bonchev–Trinajstić information content (AvgIpc) is 2.98. The van der Waals surface area contributed by atoms with E-state index >= 15 is 0 Å². The SMILES string of the molecule is COc1cc2ccn3c4ccccc4c4ccnc1c4c23. The molecule has 0 atom stereocenters. The van der Waals surface area contributed by atoms with Crippen molar-refractivity contribution >= 4 is 38.1 Å². The first-order chi connectivity index (χ1) is 10.4. The highest BCUT2D eigenvalue weighted by atomic mass is 16.5. The van der Waals surface area contributed by atoms with Crippen LogP contribution in [0.25, 0.3) is 38.1 Å². The van der Waals surface area contributed by atoms with Crippen molar-refractivity contribution in [1.82, 2.24) is 9.38 Å². The van der Waals surface area contributed by atoms with E-state index in [0.717, 1.165) is 11.3 Å². The van der Waals surface area contributed by atoms with E-state index < -0.39 is 0 Å². The lowest BCUT2D eigenvalue weighted by Crippen LogP contribution is -1.94. The van der Waals surface area contributed by atoms with Gasteiger partial charge in [0.15, 0.2) is 0 Å². The largest absolute Gasteiger partial charge is 0.494 e. The third-order valence-corrected chi connectivity index (χ3v) is 4.30. The van der Waals surface area contributed by atoms with Gasteiger partial charge >= 0.3 is 0 Å². The topological polar surface area (TPSA) is 26.5 Å². The molecule has 0 unspecified atom stereocenters. The maximum atomic E-state index is 5.54. The van der Waals surface area contributed by atoms with Crippen LogP contribution in [0.4, 0.5) is 0 Å². The molecule has 0 saturated heterocycles. The predicted molar refractivity (Wildman–Crippen MR) is 85.4 cm³/mol. The summed E-state index contributed by atoms with van der Waals surface area (Å²) in [5.74, 6) is 0.830. The lowest BCUT2D eigenvalue weighted by molar-refractivity contribution is 0.419. The van der Waals surface area contributed by atoms with E-state index in [0.29, 0.717) is 0 Å². The van der Waals surface area contributed by atoms with Crippen LogP contribution in [0.3, 0.4) is 0 Å². The van der Waals surface area contributed by atoms with Gasteiger partial charge in [-0.15, -0.1) is 0 Å². The van der Waals surface area contributed by atoms with Crippen LogP contribution in [0.5, 0.6) is 5.75 Å². The van der Waals surface area contributed by atoms with Crippen LogP contribution >= 0.6 is 0 Å². The van der Waals surface area contributed by atoms with Crippen LogP contribution in [0, 0.1) is 0 Å². The first-order valence-corrected chi connectivity index (χ1v) is 6.95. The molecule has 0 aliphatic carbocycles. The molecule has 3 nitrogen and oxygen atoms in total. The van der Waals surface area contributed by atoms with Gasteiger partial charge in [0.1, 0.15) is 11.3 Å². The third-order valence-electron chi connectivity index (χ3n) is 4.30. The van der Waals surface area contributed by atoms with E-state index in [4.69, 9.17) is 4.74 Å². The maximum Gasteiger partial charge on any atom is 0.145 e. The van der Waals surface area contributed by atoms with Crippen molar-refractivity contribution in [2.75, 3.05) is 7.11 Å². The first kappa shape index (κ1) is 10.9. The van der Waals surface area contributed by atoms with Crippen LogP contribution in [-0.2, 0) is 0 Å². The van der Waals surface area contributed by atoms with Gasteiger partial charge in [0.05, 0.1) is 18.1 Å². The van der Waals surface area contributed by atoms with Crippen LogP contribution in [0.15, 0.2) is 54.9 Å². The Balaban J connectivity index is 2.26. The molecule has 5 aromatic rings. The number of hydrogen-bond acceptors (Lipinski definition) is 2. The number of para-hydroxylation sites is 1. The van der Waals surface area contributed by atoms with Gasteiger partial charge in [0.25, 0.3) is 0 Å². The number of fused-ring (bicyclic) bond motifs is 3. The van der Waals surface area contributed by atoms with E-state index in [1.54, 1.807) is 7.11 Å². The zero-order chi connectivity index (χ0) is 14.0. The van der Waals surface area contributed by atoms with Crippen LogP contribution in [-0.4, -0.2) is 16.5 Å². The Morgan fingerprint density at radius 2 is 1.95 bits per heavy atom. The molecule has 0 radical (unpaired) electrons. The van der Waals surface area contributed by atoms with Gasteiger partial charge in [-0.1, -0.05) is 18.2 Å². The molecule has 0 spiro atoms. The Hall–Kier alpha value is -2.81. The molecule has 2 aromatic carbocycles. The second-order valence-corrected chi connectivity index (χ2v) is 5.30. The zero-order valence-corrected chi connectivity index (χ0v) is 11.5. The minimum Gasteiger partial charge on any atom is -0.494 e. The van der Waals surface area contributed by atoms with Gasteiger partial charge in [-0.25, -0.2) is 0 Å². The summed E-state index contributed by atoms with van der Waals surface area (Å²) in [7, 11) is 1.70. The molecule has 0 bridgehead atoms. The molecule has 0 N–H and O–H groups in total. The normalized spacial score (nSPS) is 12.0. The van der Waals surface area contributed by atoms with Crippen molar-refractivity contribution in [2.24, 2.45) is 0 Å². The van der Waals surface area contributed by atoms with Crippen molar-refractivity contribution in [2.45, 2.75) is 0 Å². The van der Waals surface area contributed by atoms with Crippen LogP contribution in [0.1, 0.15) is 0 Å². The van der Waals surface area contributed by atoms with Gasteiger partial charge in [-0.3, -0.25) is 4.98 Å². The van der Waals surface area contributed by atoms with E-state index in [1.165, 1.54) is 32.6 Å². The van der Waals surface area contributed by atoms with Gasteiger partial charge in [0.2, 0.25) is 0 Å². The zero-order valence-electron chi connectivity index (χ0n) is 11.5. The van der Waals surface area contributed by atoms with E-state index in [9.17, 15) is 0 Å². The molecule has 0 aliphatic rings. The van der Waals surface area contributed by atoms with Gasteiger partial charge in [-0.05, 0) is 29.7 Å². The standard InChI is InChI=1S/C18H12N2O/c1-21-15-10-11-7-9-20-14-5-3-2-4-12(14)13-6-8-19-17(15)16(13)18(11)20/h2-10H,1H3. The number of ether oxygens (including phenoxy) is 1. The number of aromatic nitrogens is 2. The number of pyridine rings is 2. The summed E-state index contributed by atoms with van der Waals surface area (Å²) in [5.41, 5.74) is 3.36. The van der Waals surface area contributed by atoms with Crippen molar-refractivity contribution < 1.29 is 4.74 Å². The smallest absolute Gasteiger partial charge is 0.145 e. The number of nitrogens with zero attached hydrogens (tertiary/aromatic N) is 2. The monoisotopic (exact) mass is 272 g/mol. The molecule has 0 fully saturated rings. The van der Waals surface area contributed by atoms with E-state index in [-0.39, 0.29) is 0 Å². The van der Waals surface area contributed by atoms with Crippen molar-refractivity contribution in [3.63, 3.8) is 0 Å². The lowest BCUT2D eigenvalue weighted by atomic mass is 10.0. The molecule has 3 heteroatoms. The fourth-order valence-corrected chi connectivity index (χ4v) is 3.42. The Kier molecular flexibility index (Phi) is 1.89. The number of rotatable bonds is 1. The fraction of sp³-hybridized carbons (Fsp3) is 0.0556. The third kappa shape index (κ3) is 1.21. The van der Waals surface area contributed by atoms with E-state index in [1.807, 2.05) is 6.20 Å². The minimum atomic E-state index is 0.830. The molecule has 21 heavy (non-hydrogen) atoms. The molecule has 0 amide bonds. The first-order valence-electron chi connectivity index (χ1n) is 6.95. The molecular formula is C18H12N2O. The number of methoxy groups -OCH3 is 1. The summed E-state index contributed by atoms with van der Waals surface area (Å²) < 4.78 is 7.79. The predicted octanol–water partition coefficient (Wildman–Crippen LogP) is 4.24. The summed E-state index contributed by atoms with van der Waals surface area (Å²) in [6.07, 6.45) is 3.99.